The van der Waals surface area contributed by atoms with Crippen LogP contribution in [-0.2, 0) is 6.54 Å². The van der Waals surface area contributed by atoms with Crippen molar-refractivity contribution in [1.82, 2.24) is 14.2 Å². The molecule has 0 N–H and O–H groups in total. The standard InChI is InChI=1S/C24H30N4OS/c1-18-15-22(20-7-8-20)16-25-23(18)26-10-12-27(13-11-26)24(29)21-5-3-19(4-6-21)17-28-9-2-14-30-28/h3-6,15-16,20H,2,7-14,17H2,1H3. The van der Waals surface area contributed by atoms with Crippen LogP contribution in [0.15, 0.2) is 36.5 Å². The van der Waals surface area contributed by atoms with Gasteiger partial charge in [-0.05, 0) is 60.9 Å². The third-order valence-electron chi connectivity index (χ3n) is 6.37. The molecule has 0 radical (unpaired) electrons. The van der Waals surface area contributed by atoms with Crippen LogP contribution in [0, 0.1) is 6.92 Å². The fourth-order valence-electron chi connectivity index (χ4n) is 4.44. The number of hydrogen-bond acceptors (Lipinski definition) is 5. The first-order chi connectivity index (χ1) is 14.7. The molecule has 5 nitrogen and oxygen atoms in total. The molecule has 2 aromatic rings. The van der Waals surface area contributed by atoms with Crippen molar-refractivity contribution >= 4 is 23.7 Å². The van der Waals surface area contributed by atoms with Crippen LogP contribution in [0.4, 0.5) is 5.82 Å². The number of aromatic nitrogens is 1. The first-order valence-corrected chi connectivity index (χ1v) is 12.1. The zero-order valence-corrected chi connectivity index (χ0v) is 18.5. The van der Waals surface area contributed by atoms with Gasteiger partial charge in [0.1, 0.15) is 5.82 Å². The Hall–Kier alpha value is -2.05. The van der Waals surface area contributed by atoms with Crippen molar-refractivity contribution in [1.29, 1.82) is 0 Å². The van der Waals surface area contributed by atoms with Gasteiger partial charge in [-0.3, -0.25) is 4.79 Å². The van der Waals surface area contributed by atoms with Crippen molar-refractivity contribution in [3.8, 4) is 0 Å². The molecule has 0 atom stereocenters. The van der Waals surface area contributed by atoms with Gasteiger partial charge in [-0.2, -0.15) is 0 Å². The number of anilines is 1. The summed E-state index contributed by atoms with van der Waals surface area (Å²) in [5.41, 5.74) is 4.72. The maximum Gasteiger partial charge on any atom is 0.253 e. The van der Waals surface area contributed by atoms with E-state index in [2.05, 4.69) is 40.5 Å². The van der Waals surface area contributed by atoms with Gasteiger partial charge in [0.2, 0.25) is 0 Å². The zero-order chi connectivity index (χ0) is 20.5. The molecule has 1 saturated carbocycles. The highest BCUT2D eigenvalue weighted by Gasteiger charge is 2.27. The van der Waals surface area contributed by atoms with Crippen molar-refractivity contribution in [3.63, 3.8) is 0 Å². The highest BCUT2D eigenvalue weighted by atomic mass is 32.2. The Kier molecular flexibility index (Phi) is 5.70. The van der Waals surface area contributed by atoms with Crippen molar-refractivity contribution in [2.75, 3.05) is 43.4 Å². The number of amides is 1. The summed E-state index contributed by atoms with van der Waals surface area (Å²) in [6, 6.07) is 10.5. The normalized spacial score (nSPS) is 20.0. The number of piperazine rings is 1. The Morgan fingerprint density at radius 2 is 1.87 bits per heavy atom. The first kappa shape index (κ1) is 19.9. The number of benzene rings is 1. The Labute approximate surface area is 183 Å². The molecule has 0 unspecified atom stereocenters. The van der Waals surface area contributed by atoms with E-state index in [9.17, 15) is 4.79 Å². The van der Waals surface area contributed by atoms with Crippen LogP contribution in [-0.4, -0.2) is 58.6 Å². The highest BCUT2D eigenvalue weighted by Crippen LogP contribution is 2.40. The van der Waals surface area contributed by atoms with Gasteiger partial charge < -0.3 is 9.80 Å². The predicted molar refractivity (Wildman–Crippen MR) is 123 cm³/mol. The minimum atomic E-state index is 0.144. The number of nitrogens with zero attached hydrogens (tertiary/aromatic N) is 4. The second-order valence-electron chi connectivity index (χ2n) is 8.71. The second kappa shape index (κ2) is 8.60. The second-order valence-corrected chi connectivity index (χ2v) is 9.89. The number of rotatable bonds is 5. The Morgan fingerprint density at radius 3 is 2.50 bits per heavy atom. The lowest BCUT2D eigenvalue weighted by Gasteiger charge is -2.36. The van der Waals surface area contributed by atoms with Gasteiger partial charge >= 0.3 is 0 Å². The summed E-state index contributed by atoms with van der Waals surface area (Å²) in [4.78, 5) is 22.0. The summed E-state index contributed by atoms with van der Waals surface area (Å²) < 4.78 is 2.41. The molecule has 3 fully saturated rings. The zero-order valence-electron chi connectivity index (χ0n) is 17.7. The van der Waals surface area contributed by atoms with E-state index < -0.39 is 0 Å². The lowest BCUT2D eigenvalue weighted by atomic mass is 10.1. The van der Waals surface area contributed by atoms with E-state index in [0.717, 1.165) is 56.6 Å². The summed E-state index contributed by atoms with van der Waals surface area (Å²) >= 11 is 1.92. The van der Waals surface area contributed by atoms with E-state index in [0.29, 0.717) is 0 Å². The fourth-order valence-corrected chi connectivity index (χ4v) is 5.46. The van der Waals surface area contributed by atoms with E-state index in [1.807, 2.05) is 29.0 Å². The maximum absolute atomic E-state index is 13.0. The van der Waals surface area contributed by atoms with Crippen LogP contribution in [0.3, 0.4) is 0 Å². The monoisotopic (exact) mass is 422 g/mol. The van der Waals surface area contributed by atoms with Crippen LogP contribution < -0.4 is 4.90 Å². The van der Waals surface area contributed by atoms with Gasteiger partial charge in [0.05, 0.1) is 0 Å². The molecular formula is C24H30N4OS. The minimum absolute atomic E-state index is 0.144. The van der Waals surface area contributed by atoms with Gasteiger partial charge in [0.15, 0.2) is 0 Å². The van der Waals surface area contributed by atoms with Gasteiger partial charge in [-0.1, -0.05) is 30.1 Å². The van der Waals surface area contributed by atoms with E-state index in [1.54, 1.807) is 0 Å². The van der Waals surface area contributed by atoms with Crippen LogP contribution in [0.5, 0.6) is 0 Å². The molecule has 0 bridgehead atoms. The van der Waals surface area contributed by atoms with Gasteiger partial charge in [-0.25, -0.2) is 9.29 Å². The molecule has 1 aromatic carbocycles. The van der Waals surface area contributed by atoms with Gasteiger partial charge in [0, 0.05) is 56.8 Å². The smallest absolute Gasteiger partial charge is 0.253 e. The van der Waals surface area contributed by atoms with E-state index >= 15 is 0 Å². The van der Waals surface area contributed by atoms with Crippen molar-refractivity contribution in [3.05, 3.63) is 58.8 Å². The average molecular weight is 423 g/mol. The van der Waals surface area contributed by atoms with Crippen LogP contribution in [0.1, 0.15) is 52.2 Å². The van der Waals surface area contributed by atoms with E-state index in [-0.39, 0.29) is 5.91 Å². The average Bonchev–Trinajstić information content (AvgIpc) is 3.51. The molecule has 6 heteroatoms. The molecule has 2 aliphatic heterocycles. The van der Waals surface area contributed by atoms with Crippen molar-refractivity contribution < 1.29 is 4.79 Å². The van der Waals surface area contributed by atoms with Gasteiger partial charge in [-0.15, -0.1) is 0 Å². The number of hydrogen-bond donors (Lipinski definition) is 0. The van der Waals surface area contributed by atoms with Gasteiger partial charge in [0.25, 0.3) is 5.91 Å². The Bertz CT molecular complexity index is 898. The maximum atomic E-state index is 13.0. The molecule has 0 spiro atoms. The molecule has 1 amide bonds. The quantitative estimate of drug-likeness (QED) is 0.679. The summed E-state index contributed by atoms with van der Waals surface area (Å²) in [5.74, 6) is 3.18. The Morgan fingerprint density at radius 1 is 1.10 bits per heavy atom. The lowest BCUT2D eigenvalue weighted by molar-refractivity contribution is 0.0746. The van der Waals surface area contributed by atoms with Crippen molar-refractivity contribution in [2.45, 2.75) is 38.6 Å². The largest absolute Gasteiger partial charge is 0.353 e. The number of aryl methyl sites for hydroxylation is 1. The van der Waals surface area contributed by atoms with Crippen LogP contribution in [0.2, 0.25) is 0 Å². The number of pyridine rings is 1. The number of carbonyl (C=O) groups excluding carboxylic acids is 1. The molecule has 2 saturated heterocycles. The Balaban J connectivity index is 1.17. The third kappa shape index (κ3) is 4.35. The molecular weight excluding hydrogens is 392 g/mol. The van der Waals surface area contributed by atoms with Crippen molar-refractivity contribution in [2.24, 2.45) is 0 Å². The number of carbonyl (C=O) groups is 1. The molecule has 158 valence electrons. The topological polar surface area (TPSA) is 39.7 Å². The van der Waals surface area contributed by atoms with Crippen LogP contribution in [0.25, 0.3) is 0 Å². The van der Waals surface area contributed by atoms with E-state index in [4.69, 9.17) is 4.98 Å². The molecule has 1 aliphatic carbocycles. The predicted octanol–water partition coefficient (Wildman–Crippen LogP) is 4.08. The molecule has 5 rings (SSSR count). The van der Waals surface area contributed by atoms with E-state index in [1.165, 1.54) is 41.7 Å². The first-order valence-electron chi connectivity index (χ1n) is 11.1. The molecule has 3 aliphatic rings. The van der Waals surface area contributed by atoms with Crippen LogP contribution >= 0.6 is 11.9 Å². The third-order valence-corrected chi connectivity index (χ3v) is 7.52. The highest BCUT2D eigenvalue weighted by molar-refractivity contribution is 7.97. The summed E-state index contributed by atoms with van der Waals surface area (Å²) in [5, 5.41) is 0. The lowest BCUT2D eigenvalue weighted by Crippen LogP contribution is -2.49. The molecule has 3 heterocycles. The summed E-state index contributed by atoms with van der Waals surface area (Å²) in [6.07, 6.45) is 5.94. The SMILES string of the molecule is Cc1cc(C2CC2)cnc1N1CCN(C(=O)c2ccc(CN3CCCS3)cc2)CC1. The fraction of sp³-hybridized carbons (Fsp3) is 0.500. The molecule has 1 aromatic heterocycles. The summed E-state index contributed by atoms with van der Waals surface area (Å²) in [7, 11) is 0. The summed E-state index contributed by atoms with van der Waals surface area (Å²) in [6.45, 7) is 7.46. The molecule has 30 heavy (non-hydrogen) atoms. The minimum Gasteiger partial charge on any atom is -0.353 e.